The van der Waals surface area contributed by atoms with Crippen molar-refractivity contribution in [3.63, 3.8) is 0 Å². The van der Waals surface area contributed by atoms with Crippen LogP contribution in [-0.2, 0) is 11.3 Å². The molecule has 0 aliphatic carbocycles. The zero-order chi connectivity index (χ0) is 15.9. The molecular weight excluding hydrogens is 298 g/mol. The van der Waals surface area contributed by atoms with Crippen molar-refractivity contribution in [2.24, 2.45) is 0 Å². The van der Waals surface area contributed by atoms with Gasteiger partial charge in [0, 0.05) is 5.56 Å². The topological polar surface area (TPSA) is 30.7 Å². The predicted octanol–water partition coefficient (Wildman–Crippen LogP) is 2.60. The van der Waals surface area contributed by atoms with E-state index in [1.165, 1.54) is 10.5 Å². The number of quaternary nitrogens is 1. The summed E-state index contributed by atoms with van der Waals surface area (Å²) in [6, 6.07) is 17.2. The molecule has 1 unspecified atom stereocenters. The van der Waals surface area contributed by atoms with Gasteiger partial charge < -0.3 is 9.64 Å². The molecule has 0 fully saturated rings. The van der Waals surface area contributed by atoms with Crippen LogP contribution in [0.15, 0.2) is 54.6 Å². The maximum absolute atomic E-state index is 12.1. The summed E-state index contributed by atoms with van der Waals surface area (Å²) in [6.07, 6.45) is -0.174. The molecule has 0 saturated carbocycles. The minimum Gasteiger partial charge on any atom is -0.453 e. The number of esters is 1. The van der Waals surface area contributed by atoms with Crippen LogP contribution in [0.2, 0.25) is 5.02 Å². The molecule has 2 atom stereocenters. The SMILES string of the molecule is C[C@H](C[NH+](C)Cc1ccccc1)OC(=O)c1ccccc1Cl. The summed E-state index contributed by atoms with van der Waals surface area (Å²) < 4.78 is 5.48. The predicted molar refractivity (Wildman–Crippen MR) is 88.2 cm³/mol. The van der Waals surface area contributed by atoms with Gasteiger partial charge in [-0.25, -0.2) is 4.79 Å². The first-order valence-electron chi connectivity index (χ1n) is 7.37. The molecule has 22 heavy (non-hydrogen) atoms. The lowest BCUT2D eigenvalue weighted by atomic mass is 10.2. The minimum absolute atomic E-state index is 0.174. The Kier molecular flexibility index (Phi) is 5.99. The van der Waals surface area contributed by atoms with Gasteiger partial charge in [0.1, 0.15) is 19.2 Å². The first kappa shape index (κ1) is 16.5. The number of carbonyl (C=O) groups excluding carboxylic acids is 1. The molecule has 0 heterocycles. The highest BCUT2D eigenvalue weighted by Gasteiger charge is 2.17. The van der Waals surface area contributed by atoms with E-state index in [0.29, 0.717) is 10.6 Å². The number of hydrogen-bond acceptors (Lipinski definition) is 2. The maximum Gasteiger partial charge on any atom is 0.340 e. The highest BCUT2D eigenvalue weighted by molar-refractivity contribution is 6.33. The Morgan fingerprint density at radius 1 is 1.14 bits per heavy atom. The molecule has 2 aromatic rings. The highest BCUT2D eigenvalue weighted by Crippen LogP contribution is 2.16. The van der Waals surface area contributed by atoms with E-state index >= 15 is 0 Å². The van der Waals surface area contributed by atoms with E-state index in [1.54, 1.807) is 24.3 Å². The number of likely N-dealkylation sites (N-methyl/N-ethyl adjacent to an activating group) is 1. The van der Waals surface area contributed by atoms with Crippen LogP contribution in [0, 0.1) is 0 Å². The van der Waals surface area contributed by atoms with Gasteiger partial charge in [0.05, 0.1) is 17.6 Å². The lowest BCUT2D eigenvalue weighted by Gasteiger charge is -2.19. The fraction of sp³-hybridized carbons (Fsp3) is 0.278. The van der Waals surface area contributed by atoms with Crippen LogP contribution in [0.4, 0.5) is 0 Å². The Bertz CT molecular complexity index is 615. The van der Waals surface area contributed by atoms with E-state index in [1.807, 2.05) is 25.1 Å². The van der Waals surface area contributed by atoms with Gasteiger partial charge in [-0.3, -0.25) is 0 Å². The van der Waals surface area contributed by atoms with Gasteiger partial charge in [0.15, 0.2) is 0 Å². The summed E-state index contributed by atoms with van der Waals surface area (Å²) in [5, 5.41) is 0.421. The molecule has 0 aliphatic heterocycles. The molecule has 0 radical (unpaired) electrons. The van der Waals surface area contributed by atoms with Crippen LogP contribution in [0.5, 0.6) is 0 Å². The van der Waals surface area contributed by atoms with Crippen LogP contribution >= 0.6 is 11.6 Å². The molecule has 2 aromatic carbocycles. The van der Waals surface area contributed by atoms with E-state index in [2.05, 4.69) is 19.2 Å². The van der Waals surface area contributed by atoms with E-state index < -0.39 is 0 Å². The number of benzene rings is 2. The molecule has 1 N–H and O–H groups in total. The fourth-order valence-corrected chi connectivity index (χ4v) is 2.63. The third-order valence-electron chi connectivity index (χ3n) is 3.39. The maximum atomic E-state index is 12.1. The molecular formula is C18H21ClNO2+. The first-order chi connectivity index (χ1) is 10.6. The van der Waals surface area contributed by atoms with E-state index in [9.17, 15) is 4.79 Å². The number of rotatable bonds is 6. The van der Waals surface area contributed by atoms with Gasteiger partial charge in [0.25, 0.3) is 0 Å². The smallest absolute Gasteiger partial charge is 0.340 e. The number of halogens is 1. The quantitative estimate of drug-likeness (QED) is 0.830. The second-order valence-electron chi connectivity index (χ2n) is 5.52. The van der Waals surface area contributed by atoms with Crippen molar-refractivity contribution in [1.82, 2.24) is 0 Å². The largest absolute Gasteiger partial charge is 0.453 e. The normalized spacial score (nSPS) is 13.4. The number of hydrogen-bond donors (Lipinski definition) is 1. The molecule has 0 aliphatic rings. The van der Waals surface area contributed by atoms with Gasteiger partial charge in [-0.15, -0.1) is 0 Å². The van der Waals surface area contributed by atoms with Crippen molar-refractivity contribution in [1.29, 1.82) is 0 Å². The first-order valence-corrected chi connectivity index (χ1v) is 7.75. The number of nitrogens with one attached hydrogen (secondary N) is 1. The molecule has 4 heteroatoms. The second kappa shape index (κ2) is 7.97. The average Bonchev–Trinajstić information content (AvgIpc) is 2.48. The van der Waals surface area contributed by atoms with Crippen molar-refractivity contribution in [2.45, 2.75) is 19.6 Å². The van der Waals surface area contributed by atoms with Gasteiger partial charge in [0.2, 0.25) is 0 Å². The van der Waals surface area contributed by atoms with Crippen LogP contribution in [0.25, 0.3) is 0 Å². The second-order valence-corrected chi connectivity index (χ2v) is 5.93. The summed E-state index contributed by atoms with van der Waals surface area (Å²) >= 11 is 6.01. The van der Waals surface area contributed by atoms with Crippen molar-refractivity contribution < 1.29 is 14.4 Å². The lowest BCUT2D eigenvalue weighted by Crippen LogP contribution is -3.08. The summed E-state index contributed by atoms with van der Waals surface area (Å²) in [4.78, 5) is 13.4. The molecule has 0 bridgehead atoms. The zero-order valence-corrected chi connectivity index (χ0v) is 13.6. The van der Waals surface area contributed by atoms with E-state index in [0.717, 1.165) is 13.1 Å². The zero-order valence-electron chi connectivity index (χ0n) is 12.9. The van der Waals surface area contributed by atoms with Crippen LogP contribution in [0.3, 0.4) is 0 Å². The lowest BCUT2D eigenvalue weighted by molar-refractivity contribution is -0.896. The third-order valence-corrected chi connectivity index (χ3v) is 3.72. The molecule has 0 amide bonds. The van der Waals surface area contributed by atoms with Gasteiger partial charge in [-0.1, -0.05) is 54.1 Å². The van der Waals surface area contributed by atoms with E-state index in [4.69, 9.17) is 16.3 Å². The van der Waals surface area contributed by atoms with Gasteiger partial charge in [-0.05, 0) is 19.1 Å². The Balaban J connectivity index is 1.86. The molecule has 2 rings (SSSR count). The minimum atomic E-state index is -0.370. The van der Waals surface area contributed by atoms with Crippen molar-refractivity contribution >= 4 is 17.6 Å². The summed E-state index contributed by atoms with van der Waals surface area (Å²) in [7, 11) is 2.09. The molecule has 0 spiro atoms. The third kappa shape index (κ3) is 4.86. The molecule has 116 valence electrons. The summed E-state index contributed by atoms with van der Waals surface area (Å²) in [5.41, 5.74) is 1.68. The van der Waals surface area contributed by atoms with Crippen molar-refractivity contribution in [3.05, 3.63) is 70.7 Å². The van der Waals surface area contributed by atoms with Crippen LogP contribution in [-0.4, -0.2) is 25.7 Å². The number of ether oxygens (including phenoxy) is 1. The monoisotopic (exact) mass is 318 g/mol. The number of carbonyl (C=O) groups is 1. The van der Waals surface area contributed by atoms with Crippen LogP contribution in [0.1, 0.15) is 22.8 Å². The Labute approximate surface area is 136 Å². The standard InChI is InChI=1S/C18H20ClNO2/c1-14(12-20(2)13-15-8-4-3-5-9-15)22-18(21)16-10-6-7-11-17(16)19/h3-11,14H,12-13H2,1-2H3/p+1/t14-/m1/s1. The van der Waals surface area contributed by atoms with Crippen LogP contribution < -0.4 is 4.90 Å². The summed E-state index contributed by atoms with van der Waals surface area (Å²) in [5.74, 6) is -0.370. The van der Waals surface area contributed by atoms with Crippen molar-refractivity contribution in [3.8, 4) is 0 Å². The average molecular weight is 319 g/mol. The Morgan fingerprint density at radius 3 is 2.45 bits per heavy atom. The Morgan fingerprint density at radius 2 is 1.77 bits per heavy atom. The fourth-order valence-electron chi connectivity index (χ4n) is 2.42. The molecule has 3 nitrogen and oxygen atoms in total. The van der Waals surface area contributed by atoms with Gasteiger partial charge >= 0.3 is 5.97 Å². The molecule has 0 aromatic heterocycles. The molecule has 0 saturated heterocycles. The Hall–Kier alpha value is -1.84. The van der Waals surface area contributed by atoms with Crippen molar-refractivity contribution in [2.75, 3.05) is 13.6 Å². The van der Waals surface area contributed by atoms with Gasteiger partial charge in [-0.2, -0.15) is 0 Å². The van der Waals surface area contributed by atoms with E-state index in [-0.39, 0.29) is 12.1 Å². The summed E-state index contributed by atoms with van der Waals surface area (Å²) in [6.45, 7) is 3.54. The highest BCUT2D eigenvalue weighted by atomic mass is 35.5.